The van der Waals surface area contributed by atoms with Crippen molar-refractivity contribution in [2.45, 2.75) is 63.1 Å². The molecule has 3 atom stereocenters. The van der Waals surface area contributed by atoms with Crippen molar-refractivity contribution in [3.63, 3.8) is 0 Å². The van der Waals surface area contributed by atoms with E-state index in [1.165, 1.54) is 12.8 Å². The van der Waals surface area contributed by atoms with E-state index in [0.717, 1.165) is 71.7 Å². The number of carbonyl (C=O) groups excluding carboxylic acids is 2. The quantitative estimate of drug-likeness (QED) is 0.122. The first-order chi connectivity index (χ1) is 24.9. The van der Waals surface area contributed by atoms with Crippen molar-refractivity contribution in [3.8, 4) is 33.6 Å². The summed E-state index contributed by atoms with van der Waals surface area (Å²) in [4.78, 5) is 58.1. The first-order valence-corrected chi connectivity index (χ1v) is 17.9. The number of likely N-dealkylation sites (tertiary alicyclic amines) is 2. The second kappa shape index (κ2) is 13.9. The molecule has 1 aliphatic carbocycles. The van der Waals surface area contributed by atoms with Gasteiger partial charge in [0.05, 0.1) is 35.9 Å². The number of aromatic nitrogens is 4. The monoisotopic (exact) mass is 683 g/mol. The molecule has 51 heavy (non-hydrogen) atoms. The van der Waals surface area contributed by atoms with Crippen LogP contribution in [0, 0.1) is 5.92 Å². The van der Waals surface area contributed by atoms with E-state index in [1.54, 1.807) is 35.4 Å². The van der Waals surface area contributed by atoms with Crippen LogP contribution < -0.4 is 5.32 Å². The van der Waals surface area contributed by atoms with Gasteiger partial charge in [-0.25, -0.2) is 14.8 Å². The van der Waals surface area contributed by atoms with Crippen LogP contribution in [0.15, 0.2) is 91.3 Å². The Bertz CT molecular complexity index is 2020. The second-order valence-corrected chi connectivity index (χ2v) is 13.9. The van der Waals surface area contributed by atoms with E-state index in [1.807, 2.05) is 17.2 Å². The smallest absolute Gasteiger partial charge is 0.405 e. The number of nitrogens with one attached hydrogen (secondary N) is 3. The largest absolute Gasteiger partial charge is 0.465 e. The molecule has 5 aromatic rings. The second-order valence-electron chi connectivity index (χ2n) is 13.9. The van der Waals surface area contributed by atoms with Crippen LogP contribution in [0.3, 0.4) is 0 Å². The molecule has 0 unspecified atom stereocenters. The van der Waals surface area contributed by atoms with Gasteiger partial charge in [-0.3, -0.25) is 9.59 Å². The molecule has 8 rings (SSSR count). The Morgan fingerprint density at radius 3 is 1.75 bits per heavy atom. The van der Waals surface area contributed by atoms with Crippen molar-refractivity contribution in [1.82, 2.24) is 35.1 Å². The topological polar surface area (TPSA) is 147 Å². The van der Waals surface area contributed by atoms with Gasteiger partial charge in [0.2, 0.25) is 5.91 Å². The average Bonchev–Trinajstić information content (AvgIpc) is 3.67. The number of H-pyrrole nitrogens is 2. The molecular formula is C40H41N7O4. The van der Waals surface area contributed by atoms with Crippen LogP contribution in [0.25, 0.3) is 33.6 Å². The number of hydrogen-bond donors (Lipinski definition) is 4. The zero-order valence-electron chi connectivity index (χ0n) is 28.3. The fourth-order valence-electron chi connectivity index (χ4n) is 7.56. The molecule has 11 heteroatoms. The summed E-state index contributed by atoms with van der Waals surface area (Å²) in [5.41, 5.74) is 6.58. The van der Waals surface area contributed by atoms with Gasteiger partial charge in [0.25, 0.3) is 5.91 Å². The molecule has 3 fully saturated rings. The maximum absolute atomic E-state index is 13.7. The van der Waals surface area contributed by atoms with Gasteiger partial charge in [-0.05, 0) is 72.3 Å². The van der Waals surface area contributed by atoms with Crippen LogP contribution in [-0.4, -0.2) is 65.8 Å². The number of rotatable bonds is 10. The minimum Gasteiger partial charge on any atom is -0.465 e. The average molecular weight is 684 g/mol. The summed E-state index contributed by atoms with van der Waals surface area (Å²) in [6.45, 7) is 1.34. The van der Waals surface area contributed by atoms with Gasteiger partial charge in [-0.1, -0.05) is 78.9 Å². The molecule has 4 N–H and O–H groups in total. The van der Waals surface area contributed by atoms with Crippen LogP contribution in [0.4, 0.5) is 4.79 Å². The highest BCUT2D eigenvalue weighted by Gasteiger charge is 2.37. The number of benzene rings is 3. The summed E-state index contributed by atoms with van der Waals surface area (Å²) in [6.07, 6.45) is 8.93. The Labute approximate surface area is 296 Å². The van der Waals surface area contributed by atoms with Crippen molar-refractivity contribution in [3.05, 3.63) is 108 Å². The van der Waals surface area contributed by atoms with Gasteiger partial charge in [0, 0.05) is 19.5 Å². The predicted molar refractivity (Wildman–Crippen MR) is 192 cm³/mol. The van der Waals surface area contributed by atoms with Gasteiger partial charge in [-0.2, -0.15) is 0 Å². The Morgan fingerprint density at radius 1 is 0.706 bits per heavy atom. The zero-order chi connectivity index (χ0) is 34.9. The van der Waals surface area contributed by atoms with Gasteiger partial charge in [0.1, 0.15) is 17.7 Å². The first-order valence-electron chi connectivity index (χ1n) is 17.9. The van der Waals surface area contributed by atoms with E-state index < -0.39 is 12.1 Å². The third-order valence-electron chi connectivity index (χ3n) is 10.5. The summed E-state index contributed by atoms with van der Waals surface area (Å²) >= 11 is 0. The molecule has 3 aromatic carbocycles. The molecule has 2 aromatic heterocycles. The number of amides is 3. The van der Waals surface area contributed by atoms with Crippen molar-refractivity contribution in [1.29, 1.82) is 0 Å². The summed E-state index contributed by atoms with van der Waals surface area (Å²) in [5, 5.41) is 11.9. The molecule has 3 amide bonds. The maximum Gasteiger partial charge on any atom is 0.405 e. The number of aromatic amines is 2. The lowest BCUT2D eigenvalue weighted by atomic mass is 10.0. The van der Waals surface area contributed by atoms with E-state index in [2.05, 4.69) is 73.8 Å². The molecule has 260 valence electrons. The first kappa shape index (κ1) is 32.5. The molecule has 4 heterocycles. The highest BCUT2D eigenvalue weighted by molar-refractivity contribution is 5.87. The third kappa shape index (κ3) is 6.88. The zero-order valence-corrected chi connectivity index (χ0v) is 28.3. The van der Waals surface area contributed by atoms with Crippen molar-refractivity contribution in [2.75, 3.05) is 13.1 Å². The minimum atomic E-state index is -1.25. The van der Waals surface area contributed by atoms with Crippen LogP contribution in [-0.2, 0) is 9.59 Å². The number of carboxylic acid groups (broad SMARTS) is 1. The highest BCUT2D eigenvalue weighted by atomic mass is 16.4. The Kier molecular flexibility index (Phi) is 8.85. The Morgan fingerprint density at radius 2 is 1.22 bits per heavy atom. The lowest BCUT2D eigenvalue weighted by Crippen LogP contribution is -2.42. The molecule has 11 nitrogen and oxygen atoms in total. The van der Waals surface area contributed by atoms with Crippen LogP contribution in [0.5, 0.6) is 0 Å². The molecule has 2 aliphatic heterocycles. The van der Waals surface area contributed by atoms with Crippen LogP contribution in [0.1, 0.15) is 80.3 Å². The van der Waals surface area contributed by atoms with Gasteiger partial charge in [-0.15, -0.1) is 0 Å². The molecular weight excluding hydrogens is 642 g/mol. The van der Waals surface area contributed by atoms with Gasteiger partial charge >= 0.3 is 6.09 Å². The van der Waals surface area contributed by atoms with Crippen molar-refractivity contribution < 1.29 is 19.5 Å². The van der Waals surface area contributed by atoms with E-state index in [0.29, 0.717) is 30.3 Å². The number of imidazole rings is 2. The molecule has 0 spiro atoms. The van der Waals surface area contributed by atoms with E-state index in [4.69, 9.17) is 0 Å². The van der Waals surface area contributed by atoms with Crippen molar-refractivity contribution >= 4 is 17.9 Å². The molecule has 2 saturated heterocycles. The van der Waals surface area contributed by atoms with Gasteiger partial charge in [0.15, 0.2) is 0 Å². The van der Waals surface area contributed by atoms with Gasteiger partial charge < -0.3 is 30.2 Å². The van der Waals surface area contributed by atoms with E-state index in [9.17, 15) is 19.5 Å². The Balaban J connectivity index is 0.929. The summed E-state index contributed by atoms with van der Waals surface area (Å²) in [7, 11) is 0. The summed E-state index contributed by atoms with van der Waals surface area (Å²) in [6, 6.07) is 24.4. The lowest BCUT2D eigenvalue weighted by Gasteiger charge is -2.28. The SMILES string of the molecule is O=C(O)N[C@@H](C(=O)N1CCC[C@H]1c1ncc(-c2ccc(-c3ccc(-c4cnc([C@@H]5CCCN5C(=O)CC5CC5)[nH]4)cc3)cc2)[nH]1)c1ccccc1. The number of hydrogen-bond acceptors (Lipinski definition) is 5. The lowest BCUT2D eigenvalue weighted by molar-refractivity contribution is -0.134. The fraction of sp³-hybridized carbons (Fsp3) is 0.325. The fourth-order valence-corrected chi connectivity index (χ4v) is 7.56. The van der Waals surface area contributed by atoms with Crippen LogP contribution >= 0.6 is 0 Å². The number of carbonyl (C=O) groups is 3. The van der Waals surface area contributed by atoms with E-state index in [-0.39, 0.29) is 23.9 Å². The molecule has 3 aliphatic rings. The molecule has 0 radical (unpaired) electrons. The summed E-state index contributed by atoms with van der Waals surface area (Å²) in [5.74, 6) is 2.11. The van der Waals surface area contributed by atoms with Crippen LogP contribution in [0.2, 0.25) is 0 Å². The molecule has 0 bridgehead atoms. The summed E-state index contributed by atoms with van der Waals surface area (Å²) < 4.78 is 0. The Hall–Kier alpha value is -5.71. The normalized spacial score (nSPS) is 19.3. The molecule has 1 saturated carbocycles. The highest BCUT2D eigenvalue weighted by Crippen LogP contribution is 2.38. The van der Waals surface area contributed by atoms with E-state index >= 15 is 0 Å². The predicted octanol–water partition coefficient (Wildman–Crippen LogP) is 7.27. The maximum atomic E-state index is 13.7. The van der Waals surface area contributed by atoms with Crippen molar-refractivity contribution in [2.24, 2.45) is 5.92 Å². The standard InChI is InChI=1S/C40H41N7O4/c48-35(22-25-10-11-25)46-20-4-8-33(46)37-41-23-31(43-37)28-16-12-26(13-17-28)27-14-18-29(19-15-27)32-24-42-38(44-32)34-9-5-21-47(34)39(49)36(45-40(50)51)30-6-2-1-3-7-30/h1-3,6-7,12-19,23-25,33-34,36,45H,4-5,8-11,20-22H2,(H,41,43)(H,42,44)(H,50,51)/t33-,34-,36+/m0/s1. The minimum absolute atomic E-state index is 0.0291. The third-order valence-corrected chi connectivity index (χ3v) is 10.5. The number of nitrogens with zero attached hydrogens (tertiary/aromatic N) is 4.